The van der Waals surface area contributed by atoms with Crippen LogP contribution in [0.1, 0.15) is 12.0 Å². The third kappa shape index (κ3) is 2.31. The van der Waals surface area contributed by atoms with Crippen molar-refractivity contribution in [2.24, 2.45) is 0 Å². The van der Waals surface area contributed by atoms with E-state index in [9.17, 15) is 0 Å². The molecule has 0 heterocycles. The van der Waals surface area contributed by atoms with E-state index < -0.39 is 5.60 Å². The molecule has 0 fully saturated rings. The number of methoxy groups -OCH3 is 1. The van der Waals surface area contributed by atoms with Crippen LogP contribution in [-0.2, 0) is 10.3 Å². The van der Waals surface area contributed by atoms with E-state index in [1.807, 2.05) is 32.3 Å². The first kappa shape index (κ1) is 13.2. The highest BCUT2D eigenvalue weighted by Gasteiger charge is 2.31. The van der Waals surface area contributed by atoms with Crippen LogP contribution in [0.5, 0.6) is 0 Å². The maximum Gasteiger partial charge on any atom is 0.133 e. The molecule has 0 bridgehead atoms. The molecule has 18 heavy (non-hydrogen) atoms. The van der Waals surface area contributed by atoms with E-state index in [-0.39, 0.29) is 0 Å². The smallest absolute Gasteiger partial charge is 0.133 e. The number of ether oxygens (including phenoxy) is 1. The molecule has 0 aliphatic heterocycles. The Morgan fingerprint density at radius 1 is 1.28 bits per heavy atom. The second kappa shape index (κ2) is 5.17. The molecule has 1 aliphatic carbocycles. The lowest BCUT2D eigenvalue weighted by Crippen LogP contribution is -2.28. The van der Waals surface area contributed by atoms with Gasteiger partial charge in [0.15, 0.2) is 0 Å². The molecule has 1 aliphatic rings. The number of hydrogen-bond acceptors (Lipinski definition) is 2. The first-order chi connectivity index (χ1) is 8.59. The zero-order valence-electron chi connectivity index (χ0n) is 11.0. The van der Waals surface area contributed by atoms with Gasteiger partial charge in [-0.15, -0.1) is 0 Å². The van der Waals surface area contributed by atoms with Crippen LogP contribution in [0.3, 0.4) is 0 Å². The van der Waals surface area contributed by atoms with Crippen LogP contribution in [0.2, 0.25) is 0 Å². The Morgan fingerprint density at radius 2 is 2.00 bits per heavy atom. The summed E-state index contributed by atoms with van der Waals surface area (Å²) in [6.45, 7) is 0. The van der Waals surface area contributed by atoms with Gasteiger partial charge >= 0.3 is 0 Å². The molecule has 1 aromatic rings. The van der Waals surface area contributed by atoms with Crippen molar-refractivity contribution in [3.05, 3.63) is 53.1 Å². The fourth-order valence-electron chi connectivity index (χ4n) is 2.28. The standard InChI is InChI=1S/C15H18ClNO/c1-17(2)14-9-5-4-8-13(14)15(18-3)10-6-7-12(16)11-15/h4-6,8-11H,7H2,1-3H3. The number of nitrogens with zero attached hydrogens (tertiary/aromatic N) is 1. The first-order valence-corrected chi connectivity index (χ1v) is 6.34. The van der Waals surface area contributed by atoms with E-state index in [2.05, 4.69) is 29.2 Å². The van der Waals surface area contributed by atoms with Gasteiger partial charge < -0.3 is 9.64 Å². The lowest BCUT2D eigenvalue weighted by molar-refractivity contribution is 0.0712. The van der Waals surface area contributed by atoms with E-state index in [0.717, 1.165) is 22.7 Å². The lowest BCUT2D eigenvalue weighted by atomic mass is 9.88. The molecule has 1 aromatic carbocycles. The van der Waals surface area contributed by atoms with Crippen molar-refractivity contribution >= 4 is 17.3 Å². The van der Waals surface area contributed by atoms with Gasteiger partial charge in [-0.05, 0) is 18.2 Å². The summed E-state index contributed by atoms with van der Waals surface area (Å²) in [5.74, 6) is 0. The molecule has 0 aromatic heterocycles. The molecular formula is C15H18ClNO. The second-order valence-electron chi connectivity index (χ2n) is 4.61. The molecule has 3 heteroatoms. The average Bonchev–Trinajstić information content (AvgIpc) is 2.38. The summed E-state index contributed by atoms with van der Waals surface area (Å²) in [4.78, 5) is 2.08. The predicted molar refractivity (Wildman–Crippen MR) is 77.1 cm³/mol. The highest BCUT2D eigenvalue weighted by atomic mass is 35.5. The largest absolute Gasteiger partial charge is 0.377 e. The van der Waals surface area contributed by atoms with Crippen molar-refractivity contribution in [1.29, 1.82) is 0 Å². The number of benzene rings is 1. The van der Waals surface area contributed by atoms with Crippen molar-refractivity contribution in [1.82, 2.24) is 0 Å². The minimum Gasteiger partial charge on any atom is -0.377 e. The summed E-state index contributed by atoms with van der Waals surface area (Å²) < 4.78 is 5.75. The fourth-order valence-corrected chi connectivity index (χ4v) is 2.54. The Labute approximate surface area is 114 Å². The van der Waals surface area contributed by atoms with E-state index in [4.69, 9.17) is 16.3 Å². The molecule has 0 spiro atoms. The molecule has 2 nitrogen and oxygen atoms in total. The van der Waals surface area contributed by atoms with Gasteiger partial charge in [0.25, 0.3) is 0 Å². The normalized spacial score (nSPS) is 22.8. The molecule has 0 amide bonds. The van der Waals surface area contributed by atoms with E-state index in [0.29, 0.717) is 0 Å². The lowest BCUT2D eigenvalue weighted by Gasteiger charge is -2.32. The summed E-state index contributed by atoms with van der Waals surface area (Å²) in [5, 5.41) is 0.813. The molecule has 96 valence electrons. The van der Waals surface area contributed by atoms with E-state index in [1.165, 1.54) is 0 Å². The zero-order chi connectivity index (χ0) is 13.2. The van der Waals surface area contributed by atoms with Crippen LogP contribution in [0.4, 0.5) is 5.69 Å². The maximum atomic E-state index is 6.18. The minimum absolute atomic E-state index is 0.559. The Kier molecular flexibility index (Phi) is 3.79. The van der Waals surface area contributed by atoms with Gasteiger partial charge in [-0.3, -0.25) is 0 Å². The third-order valence-electron chi connectivity index (χ3n) is 3.19. The Hall–Kier alpha value is -1.25. The van der Waals surface area contributed by atoms with Crippen molar-refractivity contribution in [2.45, 2.75) is 12.0 Å². The molecular weight excluding hydrogens is 246 g/mol. The molecule has 0 saturated carbocycles. The highest BCUT2D eigenvalue weighted by molar-refractivity contribution is 6.29. The van der Waals surface area contributed by atoms with Gasteiger partial charge in [-0.1, -0.05) is 35.9 Å². The number of allylic oxidation sites excluding steroid dienone is 2. The molecule has 1 unspecified atom stereocenters. The molecule has 0 radical (unpaired) electrons. The Morgan fingerprint density at radius 3 is 2.61 bits per heavy atom. The van der Waals surface area contributed by atoms with Crippen LogP contribution < -0.4 is 4.90 Å². The molecule has 0 saturated heterocycles. The number of hydrogen-bond donors (Lipinski definition) is 0. The van der Waals surface area contributed by atoms with Crippen LogP contribution in [0.25, 0.3) is 0 Å². The van der Waals surface area contributed by atoms with Gasteiger partial charge in [0.1, 0.15) is 5.60 Å². The number of anilines is 1. The Balaban J connectivity index is 2.58. The monoisotopic (exact) mass is 263 g/mol. The first-order valence-electron chi connectivity index (χ1n) is 5.96. The van der Waals surface area contributed by atoms with Crippen LogP contribution >= 0.6 is 11.6 Å². The molecule has 1 atom stereocenters. The average molecular weight is 264 g/mol. The van der Waals surface area contributed by atoms with E-state index >= 15 is 0 Å². The summed E-state index contributed by atoms with van der Waals surface area (Å²) >= 11 is 6.18. The minimum atomic E-state index is -0.559. The number of para-hydroxylation sites is 1. The van der Waals surface area contributed by atoms with Gasteiger partial charge in [-0.25, -0.2) is 0 Å². The number of halogens is 1. The maximum absolute atomic E-state index is 6.18. The summed E-state index contributed by atoms with van der Waals surface area (Å²) in [7, 11) is 5.77. The topological polar surface area (TPSA) is 12.5 Å². The van der Waals surface area contributed by atoms with E-state index in [1.54, 1.807) is 7.11 Å². The van der Waals surface area contributed by atoms with Gasteiger partial charge in [0, 0.05) is 43.9 Å². The second-order valence-corrected chi connectivity index (χ2v) is 5.09. The van der Waals surface area contributed by atoms with Crippen molar-refractivity contribution < 1.29 is 4.74 Å². The summed E-state index contributed by atoms with van der Waals surface area (Å²) in [6.07, 6.45) is 6.88. The van der Waals surface area contributed by atoms with Gasteiger partial charge in [-0.2, -0.15) is 0 Å². The van der Waals surface area contributed by atoms with Crippen molar-refractivity contribution in [3.8, 4) is 0 Å². The fraction of sp³-hybridized carbons (Fsp3) is 0.333. The highest BCUT2D eigenvalue weighted by Crippen LogP contribution is 2.39. The van der Waals surface area contributed by atoms with Crippen molar-refractivity contribution in [2.75, 3.05) is 26.1 Å². The Bertz CT molecular complexity index is 493. The predicted octanol–water partition coefficient (Wildman–Crippen LogP) is 3.68. The van der Waals surface area contributed by atoms with Crippen LogP contribution in [0, 0.1) is 0 Å². The van der Waals surface area contributed by atoms with Crippen LogP contribution in [0.15, 0.2) is 47.5 Å². The summed E-state index contributed by atoms with van der Waals surface area (Å²) in [5.41, 5.74) is 1.68. The van der Waals surface area contributed by atoms with Crippen molar-refractivity contribution in [3.63, 3.8) is 0 Å². The molecule has 2 rings (SSSR count). The van der Waals surface area contributed by atoms with Crippen LogP contribution in [-0.4, -0.2) is 21.2 Å². The third-order valence-corrected chi connectivity index (χ3v) is 3.46. The molecule has 0 N–H and O–H groups in total. The van der Waals surface area contributed by atoms with Gasteiger partial charge in [0.2, 0.25) is 0 Å². The number of rotatable bonds is 3. The quantitative estimate of drug-likeness (QED) is 0.772. The summed E-state index contributed by atoms with van der Waals surface area (Å²) in [6, 6.07) is 8.21. The zero-order valence-corrected chi connectivity index (χ0v) is 11.7. The van der Waals surface area contributed by atoms with Gasteiger partial charge in [0.05, 0.1) is 0 Å². The SMILES string of the molecule is COC1(c2ccccc2N(C)C)C=CCC(Cl)=C1.